The Bertz CT molecular complexity index is 52.0. The fourth-order valence-corrected chi connectivity index (χ4v) is 1.35. The third-order valence-corrected chi connectivity index (χ3v) is 2.41. The molecule has 0 spiro atoms. The number of thioether (sulfide) groups is 1. The third-order valence-electron chi connectivity index (χ3n) is 1.13. The van der Waals surface area contributed by atoms with Crippen molar-refractivity contribution in [3.05, 3.63) is 0 Å². The lowest BCUT2D eigenvalue weighted by Gasteiger charge is -2.24. The predicted octanol–water partition coefficient (Wildman–Crippen LogP) is 0.711. The predicted molar refractivity (Wildman–Crippen MR) is 34.8 cm³/mol. The van der Waals surface area contributed by atoms with Gasteiger partial charge in [-0.3, -0.25) is 0 Å². The Morgan fingerprint density at radius 1 is 1.71 bits per heavy atom. The second-order valence-corrected chi connectivity index (χ2v) is 2.87. The molecule has 0 amide bonds. The Kier molecular flexibility index (Phi) is 2.00. The number of hydrogen-bond acceptors (Lipinski definition) is 2. The molecule has 1 aliphatic heterocycles. The van der Waals surface area contributed by atoms with Gasteiger partial charge in [0, 0.05) is 17.5 Å². The molecular formula is C5H11NS. The van der Waals surface area contributed by atoms with Gasteiger partial charge in [0.15, 0.2) is 0 Å². The van der Waals surface area contributed by atoms with Gasteiger partial charge in [-0.1, -0.05) is 6.92 Å². The first-order valence-electron chi connectivity index (χ1n) is 2.74. The summed E-state index contributed by atoms with van der Waals surface area (Å²) in [6.07, 6.45) is 0. The van der Waals surface area contributed by atoms with Gasteiger partial charge in [0.2, 0.25) is 0 Å². The van der Waals surface area contributed by atoms with Crippen LogP contribution in [-0.2, 0) is 0 Å². The van der Waals surface area contributed by atoms with Gasteiger partial charge in [0.1, 0.15) is 0 Å². The Balaban J connectivity index is 1.93. The third kappa shape index (κ3) is 1.35. The average molecular weight is 117 g/mol. The highest BCUT2D eigenvalue weighted by Gasteiger charge is 2.15. The summed E-state index contributed by atoms with van der Waals surface area (Å²) in [6.45, 7) is 3.29. The Labute approximate surface area is 48.9 Å². The fraction of sp³-hybridized carbons (Fsp3) is 1.00. The molecule has 0 unspecified atom stereocenters. The van der Waals surface area contributed by atoms with Crippen LogP contribution in [0.1, 0.15) is 6.92 Å². The standard InChI is InChI=1S/C5H11NS/c1-2-6-5-3-7-4-5/h5-6H,2-4H2,1H3. The highest BCUT2D eigenvalue weighted by molar-refractivity contribution is 8.00. The minimum absolute atomic E-state index is 0.843. The monoisotopic (exact) mass is 117 g/mol. The van der Waals surface area contributed by atoms with Gasteiger partial charge in [-0.25, -0.2) is 0 Å². The highest BCUT2D eigenvalue weighted by atomic mass is 32.2. The highest BCUT2D eigenvalue weighted by Crippen LogP contribution is 2.16. The molecule has 1 saturated heterocycles. The van der Waals surface area contributed by atoms with E-state index in [1.54, 1.807) is 0 Å². The average Bonchev–Trinajstić information content (AvgIpc) is 1.55. The molecule has 0 radical (unpaired) electrons. The molecule has 0 aromatic heterocycles. The van der Waals surface area contributed by atoms with Crippen LogP contribution in [0.15, 0.2) is 0 Å². The Hall–Kier alpha value is 0.310. The molecule has 0 saturated carbocycles. The summed E-state index contributed by atoms with van der Waals surface area (Å²) >= 11 is 2.02. The summed E-state index contributed by atoms with van der Waals surface area (Å²) in [5, 5.41) is 3.36. The lowest BCUT2D eigenvalue weighted by molar-refractivity contribution is 0.606. The van der Waals surface area contributed by atoms with Gasteiger partial charge in [0.25, 0.3) is 0 Å². The molecule has 1 rings (SSSR count). The van der Waals surface area contributed by atoms with E-state index in [0.717, 1.165) is 12.6 Å². The molecule has 7 heavy (non-hydrogen) atoms. The van der Waals surface area contributed by atoms with E-state index in [0.29, 0.717) is 0 Å². The maximum Gasteiger partial charge on any atom is 0.0248 e. The van der Waals surface area contributed by atoms with E-state index in [1.165, 1.54) is 11.5 Å². The van der Waals surface area contributed by atoms with E-state index in [1.807, 2.05) is 11.8 Å². The summed E-state index contributed by atoms with van der Waals surface area (Å²) in [4.78, 5) is 0. The molecular weight excluding hydrogens is 106 g/mol. The van der Waals surface area contributed by atoms with Gasteiger partial charge in [-0.2, -0.15) is 11.8 Å². The van der Waals surface area contributed by atoms with Gasteiger partial charge >= 0.3 is 0 Å². The summed E-state index contributed by atoms with van der Waals surface area (Å²) < 4.78 is 0. The van der Waals surface area contributed by atoms with Crippen LogP contribution < -0.4 is 5.32 Å². The quantitative estimate of drug-likeness (QED) is 0.571. The molecule has 0 atom stereocenters. The normalized spacial score (nSPS) is 21.9. The van der Waals surface area contributed by atoms with Crippen molar-refractivity contribution in [1.29, 1.82) is 0 Å². The van der Waals surface area contributed by atoms with Gasteiger partial charge in [-0.15, -0.1) is 0 Å². The summed E-state index contributed by atoms with van der Waals surface area (Å²) in [5.41, 5.74) is 0. The molecule has 1 nitrogen and oxygen atoms in total. The summed E-state index contributed by atoms with van der Waals surface area (Å²) in [7, 11) is 0. The van der Waals surface area contributed by atoms with E-state index in [2.05, 4.69) is 12.2 Å². The molecule has 0 aromatic carbocycles. The maximum atomic E-state index is 3.36. The number of nitrogens with one attached hydrogen (secondary N) is 1. The first-order valence-corrected chi connectivity index (χ1v) is 3.90. The van der Waals surface area contributed by atoms with Crippen molar-refractivity contribution in [2.75, 3.05) is 18.1 Å². The second-order valence-electron chi connectivity index (χ2n) is 1.79. The zero-order chi connectivity index (χ0) is 5.11. The van der Waals surface area contributed by atoms with Crippen molar-refractivity contribution >= 4 is 11.8 Å². The van der Waals surface area contributed by atoms with Crippen molar-refractivity contribution in [3.63, 3.8) is 0 Å². The maximum absolute atomic E-state index is 3.36. The molecule has 1 N–H and O–H groups in total. The minimum atomic E-state index is 0.843. The van der Waals surface area contributed by atoms with Gasteiger partial charge in [-0.05, 0) is 6.54 Å². The number of hydrogen-bond donors (Lipinski definition) is 1. The van der Waals surface area contributed by atoms with Crippen molar-refractivity contribution in [2.24, 2.45) is 0 Å². The van der Waals surface area contributed by atoms with Crippen molar-refractivity contribution in [2.45, 2.75) is 13.0 Å². The Morgan fingerprint density at radius 3 is 2.57 bits per heavy atom. The SMILES string of the molecule is CCNC1CSC1. The Morgan fingerprint density at radius 2 is 2.43 bits per heavy atom. The summed E-state index contributed by atoms with van der Waals surface area (Å²) in [6, 6.07) is 0.843. The van der Waals surface area contributed by atoms with Crippen LogP contribution in [0.3, 0.4) is 0 Å². The zero-order valence-electron chi connectivity index (χ0n) is 4.61. The van der Waals surface area contributed by atoms with E-state index in [-0.39, 0.29) is 0 Å². The van der Waals surface area contributed by atoms with Crippen molar-refractivity contribution < 1.29 is 0 Å². The van der Waals surface area contributed by atoms with E-state index in [9.17, 15) is 0 Å². The van der Waals surface area contributed by atoms with E-state index < -0.39 is 0 Å². The van der Waals surface area contributed by atoms with Crippen LogP contribution in [0.4, 0.5) is 0 Å². The molecule has 0 aromatic rings. The molecule has 0 bridgehead atoms. The number of rotatable bonds is 2. The molecule has 2 heteroatoms. The van der Waals surface area contributed by atoms with Crippen LogP contribution >= 0.6 is 11.8 Å². The molecule has 42 valence electrons. The van der Waals surface area contributed by atoms with Gasteiger partial charge in [0.05, 0.1) is 0 Å². The fourth-order valence-electron chi connectivity index (χ4n) is 0.642. The van der Waals surface area contributed by atoms with E-state index in [4.69, 9.17) is 0 Å². The van der Waals surface area contributed by atoms with Crippen LogP contribution in [0, 0.1) is 0 Å². The first kappa shape index (κ1) is 5.45. The van der Waals surface area contributed by atoms with Crippen LogP contribution in [0.5, 0.6) is 0 Å². The molecule has 1 aliphatic rings. The summed E-state index contributed by atoms with van der Waals surface area (Å²) in [5.74, 6) is 2.65. The van der Waals surface area contributed by atoms with Crippen molar-refractivity contribution in [1.82, 2.24) is 5.32 Å². The second kappa shape index (κ2) is 2.58. The van der Waals surface area contributed by atoms with Crippen LogP contribution in [0.25, 0.3) is 0 Å². The first-order chi connectivity index (χ1) is 3.43. The zero-order valence-corrected chi connectivity index (χ0v) is 5.42. The van der Waals surface area contributed by atoms with Crippen LogP contribution in [-0.4, -0.2) is 24.1 Å². The van der Waals surface area contributed by atoms with Crippen molar-refractivity contribution in [3.8, 4) is 0 Å². The largest absolute Gasteiger partial charge is 0.313 e. The van der Waals surface area contributed by atoms with Crippen LogP contribution in [0.2, 0.25) is 0 Å². The minimum Gasteiger partial charge on any atom is -0.313 e. The molecule has 0 aliphatic carbocycles. The van der Waals surface area contributed by atoms with Gasteiger partial charge < -0.3 is 5.32 Å². The molecule has 1 fully saturated rings. The lowest BCUT2D eigenvalue weighted by atomic mass is 10.4. The lowest BCUT2D eigenvalue weighted by Crippen LogP contribution is -2.39. The topological polar surface area (TPSA) is 12.0 Å². The van der Waals surface area contributed by atoms with E-state index >= 15 is 0 Å². The smallest absolute Gasteiger partial charge is 0.0248 e. The molecule has 1 heterocycles.